The first-order valence-corrected chi connectivity index (χ1v) is 4.57. The minimum atomic E-state index is 0.851. The molecule has 0 aliphatic heterocycles. The summed E-state index contributed by atoms with van der Waals surface area (Å²) in [4.78, 5) is 0. The molecule has 0 unspecified atom stereocenters. The molecule has 0 saturated heterocycles. The Morgan fingerprint density at radius 1 is 1.31 bits per heavy atom. The van der Waals surface area contributed by atoms with E-state index in [1.165, 1.54) is 5.56 Å². The Bertz CT molecular complexity index is 420. The highest BCUT2D eigenvalue weighted by atomic mass is 16.3. The fourth-order valence-electron chi connectivity index (χ4n) is 1.54. The number of aromatic nitrogens is 2. The van der Waals surface area contributed by atoms with Crippen molar-refractivity contribution < 1.29 is 4.42 Å². The summed E-state index contributed by atoms with van der Waals surface area (Å²) >= 11 is 0. The molecule has 2 aromatic rings. The Morgan fingerprint density at radius 3 is 2.85 bits per heavy atom. The molecule has 2 heterocycles. The molecule has 2 aromatic heterocycles. The summed E-state index contributed by atoms with van der Waals surface area (Å²) in [7, 11) is 0. The van der Waals surface area contributed by atoms with Crippen molar-refractivity contribution in [3.63, 3.8) is 0 Å². The van der Waals surface area contributed by atoms with Crippen molar-refractivity contribution in [3.05, 3.63) is 23.7 Å². The van der Waals surface area contributed by atoms with Gasteiger partial charge in [0, 0.05) is 5.39 Å². The minimum Gasteiger partial charge on any atom is -0.462 e. The third kappa shape index (κ3) is 1.20. The Hall–Kier alpha value is -1.38. The van der Waals surface area contributed by atoms with Crippen LogP contribution >= 0.6 is 0 Å². The molecule has 0 bridgehead atoms. The minimum absolute atomic E-state index is 0.851. The fraction of sp³-hybridized carbons (Fsp3) is 0.400. The van der Waals surface area contributed by atoms with Crippen LogP contribution in [-0.2, 0) is 12.8 Å². The molecular weight excluding hydrogens is 164 g/mol. The molecule has 3 heteroatoms. The molecule has 0 spiro atoms. The van der Waals surface area contributed by atoms with Gasteiger partial charge in [0.05, 0.1) is 18.2 Å². The summed E-state index contributed by atoms with van der Waals surface area (Å²) < 4.78 is 5.38. The van der Waals surface area contributed by atoms with Crippen molar-refractivity contribution in [2.24, 2.45) is 0 Å². The Morgan fingerprint density at radius 2 is 2.15 bits per heavy atom. The van der Waals surface area contributed by atoms with Gasteiger partial charge in [-0.2, -0.15) is 10.2 Å². The molecule has 3 nitrogen and oxygen atoms in total. The Balaban J connectivity index is 2.76. The van der Waals surface area contributed by atoms with E-state index in [0.29, 0.717) is 0 Å². The number of fused-ring (bicyclic) bond motifs is 1. The van der Waals surface area contributed by atoms with E-state index < -0.39 is 0 Å². The lowest BCUT2D eigenvalue weighted by Crippen LogP contribution is -1.92. The molecular formula is C10H12N2O. The van der Waals surface area contributed by atoms with Crippen LogP contribution in [0.4, 0.5) is 0 Å². The fourth-order valence-corrected chi connectivity index (χ4v) is 1.54. The third-order valence-corrected chi connectivity index (χ3v) is 2.25. The van der Waals surface area contributed by atoms with Crippen molar-refractivity contribution in [3.8, 4) is 0 Å². The molecule has 0 atom stereocenters. The zero-order chi connectivity index (χ0) is 9.26. The Kier molecular flexibility index (Phi) is 2.00. The van der Waals surface area contributed by atoms with Crippen LogP contribution in [0.2, 0.25) is 0 Å². The van der Waals surface area contributed by atoms with Gasteiger partial charge in [-0.05, 0) is 18.4 Å². The summed E-state index contributed by atoms with van der Waals surface area (Å²) in [5, 5.41) is 9.14. The highest BCUT2D eigenvalue weighted by Gasteiger charge is 2.09. The van der Waals surface area contributed by atoms with Gasteiger partial charge in [-0.3, -0.25) is 0 Å². The Labute approximate surface area is 76.8 Å². The summed E-state index contributed by atoms with van der Waals surface area (Å²) in [5.74, 6) is 0. The summed E-state index contributed by atoms with van der Waals surface area (Å²) in [5.41, 5.74) is 3.11. The second kappa shape index (κ2) is 3.17. The average Bonchev–Trinajstić information content (AvgIpc) is 2.60. The highest BCUT2D eigenvalue weighted by Crippen LogP contribution is 2.23. The normalized spacial score (nSPS) is 10.9. The van der Waals surface area contributed by atoms with E-state index in [0.717, 1.165) is 29.5 Å². The first kappa shape index (κ1) is 8.23. The first-order valence-electron chi connectivity index (χ1n) is 4.57. The lowest BCUT2D eigenvalue weighted by molar-refractivity contribution is 0.608. The van der Waals surface area contributed by atoms with E-state index in [-0.39, 0.29) is 0 Å². The molecule has 0 radical (unpaired) electrons. The molecule has 0 fully saturated rings. The zero-order valence-corrected chi connectivity index (χ0v) is 7.87. The smallest absolute Gasteiger partial charge is 0.156 e. The van der Waals surface area contributed by atoms with Crippen molar-refractivity contribution in [2.45, 2.75) is 26.7 Å². The van der Waals surface area contributed by atoms with Crippen LogP contribution in [-0.4, -0.2) is 10.2 Å². The zero-order valence-electron chi connectivity index (χ0n) is 7.87. The number of nitrogens with zero attached hydrogens (tertiary/aromatic N) is 2. The van der Waals surface area contributed by atoms with Crippen LogP contribution in [0.5, 0.6) is 0 Å². The van der Waals surface area contributed by atoms with Gasteiger partial charge in [-0.1, -0.05) is 13.8 Å². The number of hydrogen-bond donors (Lipinski definition) is 0. The third-order valence-electron chi connectivity index (χ3n) is 2.25. The SMILES string of the molecule is CCc1coc2cnnc(CC)c12. The highest BCUT2D eigenvalue weighted by molar-refractivity contribution is 5.82. The molecule has 0 amide bonds. The summed E-state index contributed by atoms with van der Waals surface area (Å²) in [6.07, 6.45) is 5.35. The average molecular weight is 176 g/mol. The van der Waals surface area contributed by atoms with E-state index in [9.17, 15) is 0 Å². The van der Waals surface area contributed by atoms with Gasteiger partial charge in [0.25, 0.3) is 0 Å². The van der Waals surface area contributed by atoms with Crippen LogP contribution in [0.25, 0.3) is 11.0 Å². The van der Waals surface area contributed by atoms with Gasteiger partial charge in [-0.25, -0.2) is 0 Å². The molecule has 13 heavy (non-hydrogen) atoms. The van der Waals surface area contributed by atoms with E-state index >= 15 is 0 Å². The van der Waals surface area contributed by atoms with Gasteiger partial charge >= 0.3 is 0 Å². The van der Waals surface area contributed by atoms with E-state index in [1.807, 2.05) is 0 Å². The predicted molar refractivity (Wildman–Crippen MR) is 50.6 cm³/mol. The van der Waals surface area contributed by atoms with Gasteiger partial charge in [0.2, 0.25) is 0 Å². The number of rotatable bonds is 2. The molecule has 0 aromatic carbocycles. The van der Waals surface area contributed by atoms with E-state index in [2.05, 4.69) is 24.0 Å². The maximum atomic E-state index is 5.38. The van der Waals surface area contributed by atoms with Gasteiger partial charge in [0.15, 0.2) is 5.58 Å². The monoisotopic (exact) mass is 176 g/mol. The van der Waals surface area contributed by atoms with Crippen LogP contribution in [0.3, 0.4) is 0 Å². The first-order chi connectivity index (χ1) is 6.36. The van der Waals surface area contributed by atoms with E-state index in [4.69, 9.17) is 4.42 Å². The molecule has 0 aliphatic rings. The van der Waals surface area contributed by atoms with Crippen LogP contribution in [0.1, 0.15) is 25.1 Å². The maximum absolute atomic E-state index is 5.38. The van der Waals surface area contributed by atoms with Crippen molar-refractivity contribution in [1.82, 2.24) is 10.2 Å². The topological polar surface area (TPSA) is 38.9 Å². The van der Waals surface area contributed by atoms with Gasteiger partial charge in [0.1, 0.15) is 0 Å². The molecule has 2 rings (SSSR count). The lowest BCUT2D eigenvalue weighted by atomic mass is 10.1. The quantitative estimate of drug-likeness (QED) is 0.705. The predicted octanol–water partition coefficient (Wildman–Crippen LogP) is 2.35. The molecule has 0 aliphatic carbocycles. The number of aryl methyl sites for hydroxylation is 2. The molecule has 0 N–H and O–H groups in total. The van der Waals surface area contributed by atoms with Crippen LogP contribution in [0, 0.1) is 0 Å². The maximum Gasteiger partial charge on any atom is 0.156 e. The van der Waals surface area contributed by atoms with Crippen LogP contribution < -0.4 is 0 Å². The van der Waals surface area contributed by atoms with E-state index in [1.54, 1.807) is 12.5 Å². The summed E-state index contributed by atoms with van der Waals surface area (Å²) in [6.45, 7) is 4.19. The van der Waals surface area contributed by atoms with Crippen molar-refractivity contribution in [1.29, 1.82) is 0 Å². The largest absolute Gasteiger partial charge is 0.462 e. The standard InChI is InChI=1S/C10H12N2O/c1-3-7-6-13-9-5-11-12-8(4-2)10(7)9/h5-6H,3-4H2,1-2H3. The second-order valence-corrected chi connectivity index (χ2v) is 3.00. The van der Waals surface area contributed by atoms with Crippen molar-refractivity contribution >= 4 is 11.0 Å². The van der Waals surface area contributed by atoms with Crippen molar-refractivity contribution in [2.75, 3.05) is 0 Å². The van der Waals surface area contributed by atoms with Gasteiger partial charge < -0.3 is 4.42 Å². The number of furan rings is 1. The van der Waals surface area contributed by atoms with Gasteiger partial charge in [-0.15, -0.1) is 0 Å². The molecule has 0 saturated carbocycles. The van der Waals surface area contributed by atoms with Crippen LogP contribution in [0.15, 0.2) is 16.9 Å². The molecule has 68 valence electrons. The summed E-state index contributed by atoms with van der Waals surface area (Å²) in [6, 6.07) is 0. The second-order valence-electron chi connectivity index (χ2n) is 3.00. The number of hydrogen-bond acceptors (Lipinski definition) is 3. The lowest BCUT2D eigenvalue weighted by Gasteiger charge is -1.97.